The van der Waals surface area contributed by atoms with Gasteiger partial charge in [-0.2, -0.15) is 17.8 Å². The summed E-state index contributed by atoms with van der Waals surface area (Å²) in [5.41, 5.74) is 0.613. The minimum Gasteiger partial charge on any atom is -0.619 e. The summed E-state index contributed by atoms with van der Waals surface area (Å²) in [6.45, 7) is -2.72. The molecule has 1 aliphatic carbocycles. The number of thioether (sulfide) groups is 1. The highest BCUT2D eigenvalue weighted by Crippen LogP contribution is 2.39. The topological polar surface area (TPSA) is 109 Å². The minimum absolute atomic E-state index is 0.00920. The van der Waals surface area contributed by atoms with Crippen molar-refractivity contribution in [2.24, 2.45) is 5.92 Å². The van der Waals surface area contributed by atoms with Crippen LogP contribution in [0, 0.1) is 11.1 Å². The molecule has 2 aromatic carbocycles. The van der Waals surface area contributed by atoms with Crippen LogP contribution in [0.4, 0.5) is 8.78 Å². The average Bonchev–Trinajstić information content (AvgIpc) is 3.65. The van der Waals surface area contributed by atoms with E-state index in [1.807, 2.05) is 0 Å². The van der Waals surface area contributed by atoms with Gasteiger partial charge in [-0.1, -0.05) is 47.5 Å². The predicted octanol–water partition coefficient (Wildman–Crippen LogP) is 5.61. The van der Waals surface area contributed by atoms with Crippen LogP contribution < -0.4 is 14.2 Å². The fourth-order valence-corrected chi connectivity index (χ4v) is 8.14. The van der Waals surface area contributed by atoms with Gasteiger partial charge < -0.3 is 19.4 Å². The number of hydrogen-bond donors (Lipinski definition) is 0. The maximum atomic E-state index is 13.6. The van der Waals surface area contributed by atoms with E-state index in [4.69, 9.17) is 32.7 Å². The van der Waals surface area contributed by atoms with Gasteiger partial charge in [-0.15, -0.1) is 11.8 Å². The number of carbonyl (C=O) groups is 1. The minimum atomic E-state index is -4.02. The number of aromatic nitrogens is 1. The second-order valence-electron chi connectivity index (χ2n) is 9.91. The fourth-order valence-electron chi connectivity index (χ4n) is 4.47. The zero-order valence-electron chi connectivity index (χ0n) is 22.4. The van der Waals surface area contributed by atoms with Crippen molar-refractivity contribution in [3.63, 3.8) is 0 Å². The molecule has 2 heterocycles. The first-order valence-corrected chi connectivity index (χ1v) is 16.4. The summed E-state index contributed by atoms with van der Waals surface area (Å²) in [5.74, 6) is -0.359. The number of nitrogens with zero attached hydrogens (tertiary/aromatic N) is 2. The number of hydrogen-bond acceptors (Lipinski definition) is 8. The van der Waals surface area contributed by atoms with Crippen LogP contribution in [0.2, 0.25) is 10.0 Å². The number of ether oxygens (including phenoxy) is 3. The molecule has 0 bridgehead atoms. The van der Waals surface area contributed by atoms with Crippen LogP contribution in [0.3, 0.4) is 0 Å². The highest BCUT2D eigenvalue weighted by atomic mass is 35.5. The Labute approximate surface area is 261 Å². The van der Waals surface area contributed by atoms with Crippen molar-refractivity contribution in [2.45, 2.75) is 42.2 Å². The van der Waals surface area contributed by atoms with Crippen molar-refractivity contribution in [2.75, 3.05) is 18.9 Å². The zero-order chi connectivity index (χ0) is 30.7. The largest absolute Gasteiger partial charge is 0.619 e. The first-order valence-electron chi connectivity index (χ1n) is 13.2. The second kappa shape index (κ2) is 13.4. The lowest BCUT2D eigenvalue weighted by Crippen LogP contribution is -2.40. The predicted molar refractivity (Wildman–Crippen MR) is 156 cm³/mol. The van der Waals surface area contributed by atoms with Gasteiger partial charge in [0.25, 0.3) is 0 Å². The third-order valence-electron chi connectivity index (χ3n) is 6.83. The van der Waals surface area contributed by atoms with Crippen molar-refractivity contribution in [3.8, 4) is 11.5 Å². The van der Waals surface area contributed by atoms with E-state index >= 15 is 0 Å². The van der Waals surface area contributed by atoms with E-state index in [1.165, 1.54) is 30.3 Å². The number of pyridine rings is 1. The Balaban J connectivity index is 1.47. The highest BCUT2D eigenvalue weighted by Gasteiger charge is 2.42. The monoisotopic (exact) mass is 674 g/mol. The van der Waals surface area contributed by atoms with Crippen molar-refractivity contribution >= 4 is 51.0 Å². The molecule has 1 saturated heterocycles. The maximum Gasteiger partial charge on any atom is 0.387 e. The number of alkyl halides is 2. The standard InChI is InChI=1S/C28H26Cl2F2N2O7S2/c29-21-14-33(36)15-22(30)20(21)13-24(18-8-9-23(41-28(31)32)25(12-18)39-16-17-6-7-17)40-27(35)26-34(10-11-42-26)43(37,38)19-4-2-1-3-5-19/h1-5,8-9,12,14-15,17,24,26,28H,6-7,10-11,13,16H2/t24-,26?/m0/s1. The van der Waals surface area contributed by atoms with Crippen LogP contribution in [-0.4, -0.2) is 49.6 Å². The van der Waals surface area contributed by atoms with Crippen LogP contribution in [0.1, 0.15) is 30.1 Å². The van der Waals surface area contributed by atoms with Gasteiger partial charge in [0.05, 0.1) is 11.5 Å². The molecule has 3 aromatic rings. The van der Waals surface area contributed by atoms with Gasteiger partial charge in [-0.3, -0.25) is 0 Å². The summed E-state index contributed by atoms with van der Waals surface area (Å²) in [4.78, 5) is 13.7. The Bertz CT molecular complexity index is 1560. The third-order valence-corrected chi connectivity index (χ3v) is 10.7. The van der Waals surface area contributed by atoms with Gasteiger partial charge in [0.2, 0.25) is 10.0 Å². The van der Waals surface area contributed by atoms with E-state index in [1.54, 1.807) is 18.2 Å². The van der Waals surface area contributed by atoms with Crippen molar-refractivity contribution in [1.29, 1.82) is 0 Å². The molecule has 2 aliphatic rings. The van der Waals surface area contributed by atoms with Gasteiger partial charge in [-0.25, -0.2) is 13.2 Å². The number of halogens is 4. The first kappa shape index (κ1) is 31.6. The lowest BCUT2D eigenvalue weighted by Gasteiger charge is -2.26. The number of sulfonamides is 1. The Morgan fingerprint density at radius 2 is 1.79 bits per heavy atom. The molecular formula is C28H26Cl2F2N2O7S2. The molecule has 0 N–H and O–H groups in total. The molecule has 1 aliphatic heterocycles. The van der Waals surface area contributed by atoms with E-state index in [0.29, 0.717) is 28.6 Å². The number of rotatable bonds is 12. The lowest BCUT2D eigenvalue weighted by atomic mass is 10.0. The number of carbonyl (C=O) groups excluding carboxylic acids is 1. The fraction of sp³-hybridized carbons (Fsp3) is 0.357. The van der Waals surface area contributed by atoms with Gasteiger partial charge in [0.1, 0.15) is 16.1 Å². The molecule has 230 valence electrons. The number of benzene rings is 2. The first-order chi connectivity index (χ1) is 20.5. The normalized spacial score (nSPS) is 18.0. The van der Waals surface area contributed by atoms with Crippen LogP contribution in [0.5, 0.6) is 11.5 Å². The molecule has 2 atom stereocenters. The molecule has 5 rings (SSSR count). The molecule has 1 saturated carbocycles. The van der Waals surface area contributed by atoms with E-state index in [0.717, 1.165) is 41.3 Å². The molecule has 0 radical (unpaired) electrons. The van der Waals surface area contributed by atoms with Gasteiger partial charge in [0, 0.05) is 24.3 Å². The molecule has 9 nitrogen and oxygen atoms in total. The van der Waals surface area contributed by atoms with Gasteiger partial charge >= 0.3 is 12.6 Å². The zero-order valence-corrected chi connectivity index (χ0v) is 25.6. The smallest absolute Gasteiger partial charge is 0.387 e. The summed E-state index contributed by atoms with van der Waals surface area (Å²) in [6.07, 6.45) is 2.84. The Morgan fingerprint density at radius 3 is 2.44 bits per heavy atom. The molecule has 15 heteroatoms. The molecule has 43 heavy (non-hydrogen) atoms. The van der Waals surface area contributed by atoms with Crippen LogP contribution in [-0.2, 0) is 26.0 Å². The lowest BCUT2D eigenvalue weighted by molar-refractivity contribution is -0.605. The molecule has 2 fully saturated rings. The molecule has 1 unspecified atom stereocenters. The molecule has 0 amide bonds. The van der Waals surface area contributed by atoms with E-state index < -0.39 is 34.1 Å². The molecule has 0 spiro atoms. The van der Waals surface area contributed by atoms with Gasteiger partial charge in [-0.05, 0) is 48.6 Å². The quantitative estimate of drug-likeness (QED) is 0.139. The Morgan fingerprint density at radius 1 is 1.09 bits per heavy atom. The summed E-state index contributed by atoms with van der Waals surface area (Å²) in [6, 6.07) is 11.9. The van der Waals surface area contributed by atoms with Crippen molar-refractivity contribution in [3.05, 3.63) is 87.3 Å². The van der Waals surface area contributed by atoms with E-state index in [-0.39, 0.29) is 45.0 Å². The summed E-state index contributed by atoms with van der Waals surface area (Å²) >= 11 is 13.8. The number of esters is 1. The molecule has 1 aromatic heterocycles. The highest BCUT2D eigenvalue weighted by molar-refractivity contribution is 8.02. The van der Waals surface area contributed by atoms with Crippen LogP contribution >= 0.6 is 35.0 Å². The summed E-state index contributed by atoms with van der Waals surface area (Å²) < 4.78 is 70.8. The van der Waals surface area contributed by atoms with Crippen LogP contribution in [0.15, 0.2) is 65.8 Å². The van der Waals surface area contributed by atoms with E-state index in [2.05, 4.69) is 4.74 Å². The molecular weight excluding hydrogens is 649 g/mol. The van der Waals surface area contributed by atoms with E-state index in [9.17, 15) is 27.2 Å². The second-order valence-corrected chi connectivity index (χ2v) is 13.8. The third kappa shape index (κ3) is 7.63. The van der Waals surface area contributed by atoms with Crippen LogP contribution in [0.25, 0.3) is 0 Å². The average molecular weight is 676 g/mol. The van der Waals surface area contributed by atoms with Gasteiger partial charge in [0.15, 0.2) is 29.3 Å². The SMILES string of the molecule is O=C(O[C@@H](Cc1c(Cl)c[n+]([O-])cc1Cl)c1ccc(OC(F)F)c(OCC2CC2)c1)C1SCCN1S(=O)(=O)c1ccccc1. The summed E-state index contributed by atoms with van der Waals surface area (Å²) in [7, 11) is -4.02. The maximum absolute atomic E-state index is 13.6. The summed E-state index contributed by atoms with van der Waals surface area (Å²) in [5, 5.41) is 10.7. The Hall–Kier alpha value is -2.84. The van der Waals surface area contributed by atoms with Crippen molar-refractivity contribution in [1.82, 2.24) is 4.31 Å². The Kier molecular flexibility index (Phi) is 9.86. The van der Waals surface area contributed by atoms with Crippen molar-refractivity contribution < 1.29 is 40.9 Å².